The van der Waals surface area contributed by atoms with Gasteiger partial charge in [-0.2, -0.15) is 5.10 Å². The van der Waals surface area contributed by atoms with E-state index in [1.54, 1.807) is 0 Å². The molecule has 0 spiro atoms. The molecule has 0 aliphatic heterocycles. The number of hydrogen-bond acceptors (Lipinski definition) is 3. The SMILES string of the molecule is CC1CCCC(NC(=O)c2cn[nH]c2N)C1. The van der Waals surface area contributed by atoms with Crippen molar-refractivity contribution in [2.24, 2.45) is 5.92 Å². The third kappa shape index (κ3) is 2.35. The van der Waals surface area contributed by atoms with Crippen LogP contribution in [0.2, 0.25) is 0 Å². The summed E-state index contributed by atoms with van der Waals surface area (Å²) in [6.45, 7) is 2.23. The highest BCUT2D eigenvalue weighted by Crippen LogP contribution is 2.23. The fourth-order valence-electron chi connectivity index (χ4n) is 2.31. The lowest BCUT2D eigenvalue weighted by molar-refractivity contribution is 0.0922. The quantitative estimate of drug-likeness (QED) is 0.705. The van der Waals surface area contributed by atoms with Crippen molar-refractivity contribution in [2.75, 3.05) is 5.73 Å². The number of nitrogens with two attached hydrogens (primary N) is 1. The molecule has 4 N–H and O–H groups in total. The van der Waals surface area contributed by atoms with Gasteiger partial charge in [0.05, 0.1) is 6.20 Å². The van der Waals surface area contributed by atoms with E-state index in [2.05, 4.69) is 22.4 Å². The number of nitrogens with one attached hydrogen (secondary N) is 2. The summed E-state index contributed by atoms with van der Waals surface area (Å²) in [5, 5.41) is 9.32. The van der Waals surface area contributed by atoms with Gasteiger partial charge in [0.25, 0.3) is 5.91 Å². The van der Waals surface area contributed by atoms with E-state index in [9.17, 15) is 4.79 Å². The first kappa shape index (κ1) is 11.0. The summed E-state index contributed by atoms with van der Waals surface area (Å²) < 4.78 is 0. The van der Waals surface area contributed by atoms with E-state index in [4.69, 9.17) is 5.73 Å². The van der Waals surface area contributed by atoms with Gasteiger partial charge in [0, 0.05) is 6.04 Å². The summed E-state index contributed by atoms with van der Waals surface area (Å²) in [5.41, 5.74) is 6.04. The number of amides is 1. The molecule has 2 rings (SSSR count). The van der Waals surface area contributed by atoms with Crippen LogP contribution in [0.1, 0.15) is 43.0 Å². The first-order valence-electron chi connectivity index (χ1n) is 5.76. The number of rotatable bonds is 2. The van der Waals surface area contributed by atoms with E-state index < -0.39 is 0 Å². The number of aromatic nitrogens is 2. The number of anilines is 1. The Morgan fingerprint density at radius 3 is 3.06 bits per heavy atom. The lowest BCUT2D eigenvalue weighted by atomic mass is 9.87. The number of aromatic amines is 1. The van der Waals surface area contributed by atoms with Crippen LogP contribution in [0.15, 0.2) is 6.20 Å². The van der Waals surface area contributed by atoms with Crippen LogP contribution < -0.4 is 11.1 Å². The molecule has 0 radical (unpaired) electrons. The normalized spacial score (nSPS) is 25.3. The second-order valence-electron chi connectivity index (χ2n) is 4.64. The molecule has 88 valence electrons. The van der Waals surface area contributed by atoms with Crippen molar-refractivity contribution < 1.29 is 4.79 Å². The summed E-state index contributed by atoms with van der Waals surface area (Å²) in [6.07, 6.45) is 6.04. The van der Waals surface area contributed by atoms with E-state index in [-0.39, 0.29) is 11.9 Å². The molecule has 1 aliphatic carbocycles. The van der Waals surface area contributed by atoms with Crippen LogP contribution in [0.4, 0.5) is 5.82 Å². The molecule has 16 heavy (non-hydrogen) atoms. The first-order valence-corrected chi connectivity index (χ1v) is 5.76. The highest BCUT2D eigenvalue weighted by molar-refractivity contribution is 5.98. The predicted molar refractivity (Wildman–Crippen MR) is 61.9 cm³/mol. The first-order chi connectivity index (χ1) is 7.66. The van der Waals surface area contributed by atoms with Crippen LogP contribution in [0.5, 0.6) is 0 Å². The summed E-state index contributed by atoms with van der Waals surface area (Å²) in [5.74, 6) is 0.910. The molecule has 1 fully saturated rings. The van der Waals surface area contributed by atoms with Gasteiger partial charge in [-0.25, -0.2) is 0 Å². The molecular formula is C11H18N4O. The summed E-state index contributed by atoms with van der Waals surface area (Å²) in [4.78, 5) is 11.9. The van der Waals surface area contributed by atoms with Crippen LogP contribution in [-0.4, -0.2) is 22.1 Å². The van der Waals surface area contributed by atoms with Crippen molar-refractivity contribution in [1.82, 2.24) is 15.5 Å². The minimum Gasteiger partial charge on any atom is -0.383 e. The fourth-order valence-corrected chi connectivity index (χ4v) is 2.31. The number of nitrogen functional groups attached to an aromatic ring is 1. The van der Waals surface area contributed by atoms with Gasteiger partial charge in [0.2, 0.25) is 0 Å². The maximum absolute atomic E-state index is 11.9. The third-order valence-corrected chi connectivity index (χ3v) is 3.19. The van der Waals surface area contributed by atoms with Crippen molar-refractivity contribution in [1.29, 1.82) is 0 Å². The minimum absolute atomic E-state index is 0.120. The standard InChI is InChI=1S/C11H18N4O/c1-7-3-2-4-8(5-7)14-11(16)9-6-13-15-10(9)12/h6-8H,2-5H2,1H3,(H,14,16)(H3,12,13,15). The molecule has 0 aromatic carbocycles. The Morgan fingerprint density at radius 1 is 1.62 bits per heavy atom. The van der Waals surface area contributed by atoms with Crippen molar-refractivity contribution in [3.63, 3.8) is 0 Å². The van der Waals surface area contributed by atoms with E-state index in [0.717, 1.165) is 12.8 Å². The molecule has 2 unspecified atom stereocenters. The zero-order valence-corrected chi connectivity index (χ0v) is 9.49. The molecule has 5 heteroatoms. The number of carbonyl (C=O) groups excluding carboxylic acids is 1. The molecule has 5 nitrogen and oxygen atoms in total. The average Bonchev–Trinajstić information content (AvgIpc) is 2.64. The highest BCUT2D eigenvalue weighted by Gasteiger charge is 2.22. The van der Waals surface area contributed by atoms with Gasteiger partial charge in [-0.05, 0) is 18.8 Å². The second-order valence-corrected chi connectivity index (χ2v) is 4.64. The monoisotopic (exact) mass is 222 g/mol. The number of hydrogen-bond donors (Lipinski definition) is 3. The summed E-state index contributed by atoms with van der Waals surface area (Å²) >= 11 is 0. The zero-order chi connectivity index (χ0) is 11.5. The molecule has 1 aromatic heterocycles. The van der Waals surface area contributed by atoms with Crippen molar-refractivity contribution in [3.8, 4) is 0 Å². The largest absolute Gasteiger partial charge is 0.383 e. The zero-order valence-electron chi connectivity index (χ0n) is 9.49. The smallest absolute Gasteiger partial charge is 0.256 e. The Hall–Kier alpha value is -1.52. The Balaban J connectivity index is 1.95. The molecule has 1 aliphatic rings. The van der Waals surface area contributed by atoms with Crippen LogP contribution >= 0.6 is 0 Å². The summed E-state index contributed by atoms with van der Waals surface area (Å²) in [7, 11) is 0. The van der Waals surface area contributed by atoms with E-state index in [0.29, 0.717) is 17.3 Å². The maximum atomic E-state index is 11.9. The minimum atomic E-state index is -0.120. The Morgan fingerprint density at radius 2 is 2.44 bits per heavy atom. The Bertz CT molecular complexity index is 374. The van der Waals surface area contributed by atoms with Crippen LogP contribution in [0.3, 0.4) is 0 Å². The van der Waals surface area contributed by atoms with E-state index >= 15 is 0 Å². The van der Waals surface area contributed by atoms with Crippen LogP contribution in [-0.2, 0) is 0 Å². The Kier molecular flexibility index (Phi) is 3.12. The lowest BCUT2D eigenvalue weighted by Crippen LogP contribution is -2.38. The van der Waals surface area contributed by atoms with E-state index in [1.165, 1.54) is 19.0 Å². The molecule has 1 saturated carbocycles. The van der Waals surface area contributed by atoms with Crippen molar-refractivity contribution in [2.45, 2.75) is 38.6 Å². The molecule has 0 bridgehead atoms. The highest BCUT2D eigenvalue weighted by atomic mass is 16.1. The Labute approximate surface area is 94.8 Å². The van der Waals surface area contributed by atoms with Gasteiger partial charge in [0.15, 0.2) is 0 Å². The predicted octanol–water partition coefficient (Wildman–Crippen LogP) is 1.30. The van der Waals surface area contributed by atoms with Gasteiger partial charge >= 0.3 is 0 Å². The van der Waals surface area contributed by atoms with Crippen LogP contribution in [0.25, 0.3) is 0 Å². The van der Waals surface area contributed by atoms with E-state index in [1.807, 2.05) is 0 Å². The third-order valence-electron chi connectivity index (χ3n) is 3.19. The molecule has 0 saturated heterocycles. The number of H-pyrrole nitrogens is 1. The molecule has 1 aromatic rings. The molecule has 1 amide bonds. The molecular weight excluding hydrogens is 204 g/mol. The lowest BCUT2D eigenvalue weighted by Gasteiger charge is -2.27. The van der Waals surface area contributed by atoms with Gasteiger partial charge in [-0.3, -0.25) is 9.89 Å². The van der Waals surface area contributed by atoms with Gasteiger partial charge < -0.3 is 11.1 Å². The van der Waals surface area contributed by atoms with Gasteiger partial charge in [0.1, 0.15) is 11.4 Å². The second kappa shape index (κ2) is 4.55. The van der Waals surface area contributed by atoms with Crippen LogP contribution in [0, 0.1) is 5.92 Å². The van der Waals surface area contributed by atoms with Crippen molar-refractivity contribution >= 4 is 11.7 Å². The number of nitrogens with zero attached hydrogens (tertiary/aromatic N) is 1. The topological polar surface area (TPSA) is 83.8 Å². The number of carbonyl (C=O) groups is 1. The molecule has 2 atom stereocenters. The average molecular weight is 222 g/mol. The van der Waals surface area contributed by atoms with Gasteiger partial charge in [-0.15, -0.1) is 0 Å². The summed E-state index contributed by atoms with van der Waals surface area (Å²) in [6, 6.07) is 0.283. The van der Waals surface area contributed by atoms with Gasteiger partial charge in [-0.1, -0.05) is 19.8 Å². The maximum Gasteiger partial charge on any atom is 0.256 e. The molecule has 1 heterocycles. The fraction of sp³-hybridized carbons (Fsp3) is 0.636. The van der Waals surface area contributed by atoms with Crippen molar-refractivity contribution in [3.05, 3.63) is 11.8 Å².